The van der Waals surface area contributed by atoms with Crippen LogP contribution in [-0.2, 0) is 20.1 Å². The van der Waals surface area contributed by atoms with Gasteiger partial charge in [0.25, 0.3) is 0 Å². The molecule has 0 radical (unpaired) electrons. The molecule has 0 aliphatic heterocycles. The van der Waals surface area contributed by atoms with Crippen molar-refractivity contribution in [1.29, 1.82) is 0 Å². The highest BCUT2D eigenvalue weighted by molar-refractivity contribution is 8.30. The molecule has 0 aromatic heterocycles. The molecular weight excluding hydrogens is 191 g/mol. The number of nitrogens with two attached hydrogens (primary N) is 1. The van der Waals surface area contributed by atoms with Gasteiger partial charge in [-0.15, -0.1) is 0 Å². The number of nitrogens with one attached hydrogen (secondary N) is 1. The lowest BCUT2D eigenvalue weighted by molar-refractivity contribution is 0.675. The van der Waals surface area contributed by atoms with Crippen LogP contribution in [0.1, 0.15) is 0 Å². The minimum absolute atomic E-state index is 0.968. The molecule has 0 aromatic carbocycles. The molecule has 1 atom stereocenters. The predicted molar refractivity (Wildman–Crippen MR) is 38.3 cm³/mol. The Morgan fingerprint density at radius 1 is 1.75 bits per heavy atom. The molecule has 8 heavy (non-hydrogen) atoms. The van der Waals surface area contributed by atoms with Crippen LogP contribution in [0.5, 0.6) is 0 Å². The second-order valence-electron chi connectivity index (χ2n) is 0.964. The molecule has 0 saturated heterocycles. The molecule has 0 heterocycles. The van der Waals surface area contributed by atoms with Gasteiger partial charge in [-0.3, -0.25) is 0 Å². The van der Waals surface area contributed by atoms with E-state index in [4.69, 9.17) is 28.3 Å². The van der Waals surface area contributed by atoms with E-state index in [1.807, 2.05) is 4.72 Å². The van der Waals surface area contributed by atoms with Gasteiger partial charge in [0.15, 0.2) is 13.8 Å². The SMILES string of the molecule is NS(=O)(=S)NC(Cl)Cl. The van der Waals surface area contributed by atoms with Crippen LogP contribution in [0.3, 0.4) is 0 Å². The Bertz CT molecular complexity index is 151. The van der Waals surface area contributed by atoms with Crippen LogP contribution in [0.4, 0.5) is 0 Å². The molecule has 0 aromatic rings. The third-order valence-electron chi connectivity index (χ3n) is 0.253. The lowest BCUT2D eigenvalue weighted by Crippen LogP contribution is -2.32. The molecule has 3 nitrogen and oxygen atoms in total. The van der Waals surface area contributed by atoms with Crippen molar-refractivity contribution in [2.45, 2.75) is 4.96 Å². The molecule has 0 rings (SSSR count). The fourth-order valence-corrected chi connectivity index (χ4v) is 1.77. The topological polar surface area (TPSA) is 55.1 Å². The first kappa shape index (κ1) is 8.87. The summed E-state index contributed by atoms with van der Waals surface area (Å²) in [5, 5.41) is 4.80. The van der Waals surface area contributed by atoms with Crippen LogP contribution in [0.25, 0.3) is 0 Å². The molecular formula is CH4Cl2N2OS2. The van der Waals surface area contributed by atoms with Crippen LogP contribution in [0.15, 0.2) is 0 Å². The molecule has 0 spiro atoms. The summed E-state index contributed by atoms with van der Waals surface area (Å²) in [4.78, 5) is -0.968. The van der Waals surface area contributed by atoms with E-state index < -0.39 is 13.8 Å². The van der Waals surface area contributed by atoms with Gasteiger partial charge in [0.1, 0.15) is 0 Å². The van der Waals surface area contributed by atoms with Crippen molar-refractivity contribution in [1.82, 2.24) is 4.72 Å². The van der Waals surface area contributed by atoms with E-state index in [9.17, 15) is 4.21 Å². The minimum atomic E-state index is -2.90. The molecule has 0 bridgehead atoms. The summed E-state index contributed by atoms with van der Waals surface area (Å²) < 4.78 is 12.3. The number of alkyl halides is 2. The first-order chi connectivity index (χ1) is 3.42. The fraction of sp³-hybridized carbons (Fsp3) is 1.00. The molecule has 0 aliphatic rings. The van der Waals surface area contributed by atoms with E-state index in [1.165, 1.54) is 0 Å². The monoisotopic (exact) mass is 194 g/mol. The molecule has 1 unspecified atom stereocenters. The lowest BCUT2D eigenvalue weighted by Gasteiger charge is -2.01. The maximum Gasteiger partial charge on any atom is 0.169 e. The summed E-state index contributed by atoms with van der Waals surface area (Å²) in [6, 6.07) is 0. The summed E-state index contributed by atoms with van der Waals surface area (Å²) in [7, 11) is -2.90. The zero-order valence-electron chi connectivity index (χ0n) is 3.64. The molecule has 50 valence electrons. The predicted octanol–water partition coefficient (Wildman–Crippen LogP) is -0.128. The van der Waals surface area contributed by atoms with Gasteiger partial charge in [0, 0.05) is 11.2 Å². The molecule has 0 amide bonds. The van der Waals surface area contributed by atoms with E-state index >= 15 is 0 Å². The summed E-state index contributed by atoms with van der Waals surface area (Å²) in [5.41, 5.74) is 0. The Morgan fingerprint density at radius 3 is 2.12 bits per heavy atom. The second kappa shape index (κ2) is 3.14. The number of halogens is 2. The van der Waals surface area contributed by atoms with E-state index in [2.05, 4.69) is 11.2 Å². The van der Waals surface area contributed by atoms with E-state index in [-0.39, 0.29) is 0 Å². The zero-order chi connectivity index (χ0) is 6.78. The third-order valence-corrected chi connectivity index (χ3v) is 1.58. The van der Waals surface area contributed by atoms with Gasteiger partial charge in [0.05, 0.1) is 0 Å². The van der Waals surface area contributed by atoms with Crippen molar-refractivity contribution < 1.29 is 4.21 Å². The smallest absolute Gasteiger partial charge is 0.169 e. The normalized spacial score (nSPS) is 18.5. The summed E-state index contributed by atoms with van der Waals surface area (Å²) in [6.07, 6.45) is 0. The standard InChI is InChI=1S/CH4Cl2N2OS2/c2-1(3)5-8(4,6)7/h1,5H,(H2,4,6,7). The van der Waals surface area contributed by atoms with Gasteiger partial charge in [0.2, 0.25) is 0 Å². The molecule has 0 fully saturated rings. The molecule has 3 N–H and O–H groups in total. The first-order valence-electron chi connectivity index (χ1n) is 1.50. The van der Waals surface area contributed by atoms with Crippen molar-refractivity contribution >= 4 is 43.3 Å². The van der Waals surface area contributed by atoms with Crippen LogP contribution in [0, 0.1) is 0 Å². The third kappa shape index (κ3) is 6.87. The van der Waals surface area contributed by atoms with Crippen LogP contribution in [0.2, 0.25) is 0 Å². The highest BCUT2D eigenvalue weighted by Gasteiger charge is 2.01. The van der Waals surface area contributed by atoms with Gasteiger partial charge in [-0.25, -0.2) is 9.35 Å². The molecule has 0 saturated carbocycles. The summed E-state index contributed by atoms with van der Waals surface area (Å²) in [5.74, 6) is 0. The highest BCUT2D eigenvalue weighted by atomic mass is 35.5. The average Bonchev–Trinajstić information content (AvgIpc) is 1.21. The van der Waals surface area contributed by atoms with E-state index in [0.29, 0.717) is 0 Å². The quantitative estimate of drug-likeness (QED) is 0.476. The van der Waals surface area contributed by atoms with Gasteiger partial charge in [-0.2, -0.15) is 4.72 Å². The lowest BCUT2D eigenvalue weighted by atomic mass is 11.5. The van der Waals surface area contributed by atoms with Crippen molar-refractivity contribution in [2.75, 3.05) is 0 Å². The maximum atomic E-state index is 10.3. The number of rotatable bonds is 2. The number of hydrogen-bond acceptors (Lipinski definition) is 2. The Labute approximate surface area is 62.5 Å². The fourth-order valence-electron chi connectivity index (χ4n) is 0.124. The van der Waals surface area contributed by atoms with Gasteiger partial charge < -0.3 is 0 Å². The van der Waals surface area contributed by atoms with Gasteiger partial charge in [-0.05, 0) is 0 Å². The maximum absolute atomic E-state index is 10.3. The summed E-state index contributed by atoms with van der Waals surface area (Å²) in [6.45, 7) is 0. The van der Waals surface area contributed by atoms with E-state index in [0.717, 1.165) is 0 Å². The van der Waals surface area contributed by atoms with Crippen LogP contribution >= 0.6 is 23.2 Å². The van der Waals surface area contributed by atoms with Crippen LogP contribution < -0.4 is 9.86 Å². The molecule has 0 aliphatic carbocycles. The Balaban J connectivity index is 3.75. The zero-order valence-corrected chi connectivity index (χ0v) is 6.78. The number of hydrogen-bond donors (Lipinski definition) is 2. The summed E-state index contributed by atoms with van der Waals surface area (Å²) >= 11 is 14.4. The Hall–Kier alpha value is 0.870. The molecule has 7 heteroatoms. The average molecular weight is 195 g/mol. The van der Waals surface area contributed by atoms with Gasteiger partial charge >= 0.3 is 0 Å². The minimum Gasteiger partial charge on any atom is -0.238 e. The van der Waals surface area contributed by atoms with Crippen LogP contribution in [-0.4, -0.2) is 9.17 Å². The first-order valence-corrected chi connectivity index (χ1v) is 4.92. The second-order valence-corrected chi connectivity index (χ2v) is 4.87. The highest BCUT2D eigenvalue weighted by Crippen LogP contribution is 1.95. The van der Waals surface area contributed by atoms with Crippen molar-refractivity contribution in [3.63, 3.8) is 0 Å². The van der Waals surface area contributed by atoms with Crippen molar-refractivity contribution in [3.8, 4) is 0 Å². The Kier molecular flexibility index (Phi) is 3.49. The Morgan fingerprint density at radius 2 is 2.12 bits per heavy atom. The largest absolute Gasteiger partial charge is 0.238 e. The van der Waals surface area contributed by atoms with Gasteiger partial charge in [-0.1, -0.05) is 23.2 Å². The van der Waals surface area contributed by atoms with Crippen molar-refractivity contribution in [3.05, 3.63) is 0 Å². The van der Waals surface area contributed by atoms with E-state index in [1.54, 1.807) is 0 Å². The van der Waals surface area contributed by atoms with Crippen molar-refractivity contribution in [2.24, 2.45) is 5.14 Å².